The van der Waals surface area contributed by atoms with Crippen molar-refractivity contribution in [2.75, 3.05) is 19.0 Å². The van der Waals surface area contributed by atoms with E-state index in [1.54, 1.807) is 55.6 Å². The first kappa shape index (κ1) is 17.2. The Labute approximate surface area is 149 Å². The van der Waals surface area contributed by atoms with E-state index in [9.17, 15) is 9.59 Å². The summed E-state index contributed by atoms with van der Waals surface area (Å²) in [5, 5.41) is 12.7. The minimum absolute atomic E-state index is 0.142. The van der Waals surface area contributed by atoms with Gasteiger partial charge in [0.15, 0.2) is 6.61 Å². The van der Waals surface area contributed by atoms with Crippen molar-refractivity contribution < 1.29 is 18.7 Å². The first-order chi connectivity index (χ1) is 12.7. The van der Waals surface area contributed by atoms with Crippen molar-refractivity contribution in [2.24, 2.45) is 0 Å². The summed E-state index contributed by atoms with van der Waals surface area (Å²) in [4.78, 5) is 23.4. The maximum Gasteiger partial charge on any atom is 0.262 e. The van der Waals surface area contributed by atoms with Crippen LogP contribution in [0.15, 0.2) is 59.3 Å². The average Bonchev–Trinajstić information content (AvgIpc) is 3.21. The number of nitrogens with zero attached hydrogens (tertiary/aromatic N) is 2. The number of ether oxygens (including phenoxy) is 1. The molecule has 0 aliphatic rings. The van der Waals surface area contributed by atoms with Crippen LogP contribution in [0.5, 0.6) is 5.75 Å². The molecule has 3 aromatic rings. The van der Waals surface area contributed by atoms with Crippen LogP contribution in [0.1, 0.15) is 10.4 Å². The van der Waals surface area contributed by atoms with Gasteiger partial charge in [-0.2, -0.15) is 0 Å². The minimum Gasteiger partial charge on any atom is -0.484 e. The fourth-order valence-corrected chi connectivity index (χ4v) is 2.19. The van der Waals surface area contributed by atoms with E-state index in [0.717, 1.165) is 5.56 Å². The molecular formula is C18H16N4O4. The third-order valence-electron chi connectivity index (χ3n) is 3.49. The Balaban J connectivity index is 1.51. The van der Waals surface area contributed by atoms with E-state index in [-0.39, 0.29) is 18.4 Å². The molecule has 0 fully saturated rings. The highest BCUT2D eigenvalue weighted by molar-refractivity contribution is 5.95. The summed E-state index contributed by atoms with van der Waals surface area (Å²) in [6.07, 6.45) is 1.26. The molecule has 1 heterocycles. The maximum absolute atomic E-state index is 12.0. The summed E-state index contributed by atoms with van der Waals surface area (Å²) in [7, 11) is 1.56. The smallest absolute Gasteiger partial charge is 0.262 e. The van der Waals surface area contributed by atoms with E-state index >= 15 is 0 Å². The van der Waals surface area contributed by atoms with Gasteiger partial charge in [0.2, 0.25) is 12.3 Å². The molecule has 8 heteroatoms. The number of aromatic nitrogens is 2. The Morgan fingerprint density at radius 1 is 1.08 bits per heavy atom. The van der Waals surface area contributed by atoms with Crippen LogP contribution >= 0.6 is 0 Å². The summed E-state index contributed by atoms with van der Waals surface area (Å²) in [5.74, 6) is 0.460. The molecule has 0 saturated carbocycles. The Bertz CT molecular complexity index is 875. The summed E-state index contributed by atoms with van der Waals surface area (Å²) < 4.78 is 10.6. The normalized spacial score (nSPS) is 10.2. The van der Waals surface area contributed by atoms with Crippen LogP contribution in [-0.2, 0) is 4.79 Å². The fraction of sp³-hybridized carbons (Fsp3) is 0.111. The number of carbonyl (C=O) groups is 2. The van der Waals surface area contributed by atoms with Crippen LogP contribution in [0.4, 0.5) is 5.69 Å². The average molecular weight is 352 g/mol. The molecule has 0 atom stereocenters. The second kappa shape index (κ2) is 7.93. The maximum atomic E-state index is 12.0. The number of anilines is 1. The molecule has 26 heavy (non-hydrogen) atoms. The summed E-state index contributed by atoms with van der Waals surface area (Å²) in [6, 6.07) is 13.5. The van der Waals surface area contributed by atoms with Gasteiger partial charge in [-0.25, -0.2) is 0 Å². The SMILES string of the molecule is CNC(=O)c1ccc(NC(=O)COc2ccc(-c3nnco3)cc2)cc1. The lowest BCUT2D eigenvalue weighted by atomic mass is 10.2. The van der Waals surface area contributed by atoms with E-state index in [2.05, 4.69) is 20.8 Å². The van der Waals surface area contributed by atoms with Crippen molar-refractivity contribution in [2.45, 2.75) is 0 Å². The van der Waals surface area contributed by atoms with E-state index < -0.39 is 0 Å². The lowest BCUT2D eigenvalue weighted by Crippen LogP contribution is -2.20. The number of hydrogen-bond acceptors (Lipinski definition) is 6. The highest BCUT2D eigenvalue weighted by atomic mass is 16.5. The largest absolute Gasteiger partial charge is 0.484 e. The molecule has 2 N–H and O–H groups in total. The van der Waals surface area contributed by atoms with Crippen molar-refractivity contribution >= 4 is 17.5 Å². The molecule has 132 valence electrons. The Morgan fingerprint density at radius 2 is 1.81 bits per heavy atom. The number of carbonyl (C=O) groups excluding carboxylic acids is 2. The first-order valence-corrected chi connectivity index (χ1v) is 7.77. The van der Waals surface area contributed by atoms with E-state index in [4.69, 9.17) is 9.15 Å². The van der Waals surface area contributed by atoms with E-state index in [1.165, 1.54) is 6.39 Å². The predicted molar refractivity (Wildman–Crippen MR) is 93.7 cm³/mol. The van der Waals surface area contributed by atoms with Crippen molar-refractivity contribution in [1.29, 1.82) is 0 Å². The third-order valence-corrected chi connectivity index (χ3v) is 3.49. The highest BCUT2D eigenvalue weighted by Crippen LogP contribution is 2.20. The molecule has 2 aromatic carbocycles. The zero-order chi connectivity index (χ0) is 18.4. The van der Waals surface area contributed by atoms with Crippen LogP contribution in [0.25, 0.3) is 11.5 Å². The zero-order valence-electron chi connectivity index (χ0n) is 13.9. The molecule has 0 unspecified atom stereocenters. The standard InChI is InChI=1S/C18H16N4O4/c1-19-17(24)12-2-6-14(7-3-12)21-16(23)10-25-15-8-4-13(5-9-15)18-22-20-11-26-18/h2-9,11H,10H2,1H3,(H,19,24)(H,21,23). The van der Waals surface area contributed by atoms with Crippen LogP contribution in [0, 0.1) is 0 Å². The monoisotopic (exact) mass is 352 g/mol. The molecular weight excluding hydrogens is 336 g/mol. The van der Waals surface area contributed by atoms with Crippen LogP contribution < -0.4 is 15.4 Å². The summed E-state index contributed by atoms with van der Waals surface area (Å²) >= 11 is 0. The molecule has 3 rings (SSSR count). The predicted octanol–water partition coefficient (Wildman–Crippen LogP) is 2.11. The van der Waals surface area contributed by atoms with Crippen molar-refractivity contribution in [3.05, 3.63) is 60.5 Å². The van der Waals surface area contributed by atoms with Gasteiger partial charge < -0.3 is 19.8 Å². The van der Waals surface area contributed by atoms with E-state index in [0.29, 0.717) is 22.9 Å². The third kappa shape index (κ3) is 4.23. The molecule has 1 aromatic heterocycles. The zero-order valence-corrected chi connectivity index (χ0v) is 13.9. The van der Waals surface area contributed by atoms with Gasteiger partial charge in [-0.15, -0.1) is 10.2 Å². The highest BCUT2D eigenvalue weighted by Gasteiger charge is 2.07. The van der Waals surface area contributed by atoms with Crippen LogP contribution in [-0.4, -0.2) is 35.7 Å². The van der Waals surface area contributed by atoms with Gasteiger partial charge in [-0.05, 0) is 48.5 Å². The number of nitrogens with one attached hydrogen (secondary N) is 2. The van der Waals surface area contributed by atoms with Gasteiger partial charge in [-0.3, -0.25) is 9.59 Å². The Kier molecular flexibility index (Phi) is 5.23. The summed E-state index contributed by atoms with van der Waals surface area (Å²) in [6.45, 7) is -0.142. The minimum atomic E-state index is -0.307. The van der Waals surface area contributed by atoms with Crippen molar-refractivity contribution in [1.82, 2.24) is 15.5 Å². The molecule has 0 bridgehead atoms. The Morgan fingerprint density at radius 3 is 2.42 bits per heavy atom. The molecule has 8 nitrogen and oxygen atoms in total. The number of amides is 2. The number of hydrogen-bond donors (Lipinski definition) is 2. The van der Waals surface area contributed by atoms with Crippen molar-refractivity contribution in [3.63, 3.8) is 0 Å². The van der Waals surface area contributed by atoms with Crippen molar-refractivity contribution in [3.8, 4) is 17.2 Å². The van der Waals surface area contributed by atoms with Gasteiger partial charge in [0, 0.05) is 23.9 Å². The van der Waals surface area contributed by atoms with Gasteiger partial charge >= 0.3 is 0 Å². The quantitative estimate of drug-likeness (QED) is 0.704. The molecule has 0 aliphatic heterocycles. The van der Waals surface area contributed by atoms with Crippen LogP contribution in [0.3, 0.4) is 0 Å². The molecule has 0 saturated heterocycles. The molecule has 0 radical (unpaired) electrons. The second-order valence-corrected chi connectivity index (χ2v) is 5.26. The van der Waals surface area contributed by atoms with Gasteiger partial charge in [-0.1, -0.05) is 0 Å². The Hall–Kier alpha value is -3.68. The summed E-state index contributed by atoms with van der Waals surface area (Å²) in [5.41, 5.74) is 1.86. The van der Waals surface area contributed by atoms with Gasteiger partial charge in [0.25, 0.3) is 11.8 Å². The van der Waals surface area contributed by atoms with Crippen LogP contribution in [0.2, 0.25) is 0 Å². The number of rotatable bonds is 6. The molecule has 0 aliphatic carbocycles. The second-order valence-electron chi connectivity index (χ2n) is 5.26. The molecule has 0 spiro atoms. The first-order valence-electron chi connectivity index (χ1n) is 7.77. The topological polar surface area (TPSA) is 106 Å². The number of benzene rings is 2. The fourth-order valence-electron chi connectivity index (χ4n) is 2.19. The van der Waals surface area contributed by atoms with Gasteiger partial charge in [0.1, 0.15) is 5.75 Å². The lowest BCUT2D eigenvalue weighted by molar-refractivity contribution is -0.118. The van der Waals surface area contributed by atoms with Gasteiger partial charge in [0.05, 0.1) is 0 Å². The van der Waals surface area contributed by atoms with E-state index in [1.807, 2.05) is 0 Å². The molecule has 2 amide bonds. The lowest BCUT2D eigenvalue weighted by Gasteiger charge is -2.08.